The van der Waals surface area contributed by atoms with E-state index in [0.29, 0.717) is 12.0 Å². The third-order valence-electron chi connectivity index (χ3n) is 3.42. The standard InChI is InChI=1S/C13H24N4O/c1-10(2)8-12-15-13(18-16-12)9-17(3)11-4-6-14-7-5-11/h10-11,14H,4-9H2,1-3H3. The van der Waals surface area contributed by atoms with Gasteiger partial charge in [-0.05, 0) is 38.9 Å². The first-order chi connectivity index (χ1) is 8.65. The van der Waals surface area contributed by atoms with Crippen LogP contribution in [0.3, 0.4) is 0 Å². The monoisotopic (exact) mass is 252 g/mol. The molecule has 102 valence electrons. The summed E-state index contributed by atoms with van der Waals surface area (Å²) in [5.74, 6) is 2.14. The van der Waals surface area contributed by atoms with Crippen molar-refractivity contribution in [1.29, 1.82) is 0 Å². The zero-order valence-corrected chi connectivity index (χ0v) is 11.6. The Kier molecular flexibility index (Phi) is 4.72. The van der Waals surface area contributed by atoms with E-state index in [2.05, 4.69) is 41.3 Å². The van der Waals surface area contributed by atoms with Gasteiger partial charge in [0, 0.05) is 12.5 Å². The van der Waals surface area contributed by atoms with Gasteiger partial charge in [0.15, 0.2) is 5.82 Å². The number of aromatic nitrogens is 2. The number of hydrogen-bond donors (Lipinski definition) is 1. The summed E-state index contributed by atoms with van der Waals surface area (Å²) in [5, 5.41) is 7.41. The molecule has 1 aliphatic heterocycles. The van der Waals surface area contributed by atoms with Gasteiger partial charge in [0.2, 0.25) is 5.89 Å². The lowest BCUT2D eigenvalue weighted by molar-refractivity contribution is 0.171. The summed E-state index contributed by atoms with van der Waals surface area (Å²) in [7, 11) is 2.14. The van der Waals surface area contributed by atoms with Gasteiger partial charge in [0.25, 0.3) is 0 Å². The summed E-state index contributed by atoms with van der Waals surface area (Å²) in [6, 6.07) is 0.631. The molecule has 1 aromatic heterocycles. The quantitative estimate of drug-likeness (QED) is 0.859. The summed E-state index contributed by atoms with van der Waals surface area (Å²) < 4.78 is 5.31. The molecule has 2 rings (SSSR count). The molecule has 0 aromatic carbocycles. The maximum absolute atomic E-state index is 5.31. The first-order valence-corrected chi connectivity index (χ1v) is 6.87. The van der Waals surface area contributed by atoms with Gasteiger partial charge in [-0.25, -0.2) is 0 Å². The highest BCUT2D eigenvalue weighted by Crippen LogP contribution is 2.13. The second-order valence-corrected chi connectivity index (χ2v) is 5.60. The maximum atomic E-state index is 5.31. The van der Waals surface area contributed by atoms with Crippen LogP contribution in [0, 0.1) is 5.92 Å². The number of hydrogen-bond acceptors (Lipinski definition) is 5. The molecule has 1 aromatic rings. The molecule has 0 radical (unpaired) electrons. The average Bonchev–Trinajstić information content (AvgIpc) is 2.76. The molecule has 5 nitrogen and oxygen atoms in total. The Morgan fingerprint density at radius 2 is 2.11 bits per heavy atom. The fourth-order valence-electron chi connectivity index (χ4n) is 2.39. The maximum Gasteiger partial charge on any atom is 0.240 e. The lowest BCUT2D eigenvalue weighted by Gasteiger charge is -2.30. The molecular formula is C13H24N4O. The smallest absolute Gasteiger partial charge is 0.240 e. The van der Waals surface area contributed by atoms with Gasteiger partial charge in [-0.2, -0.15) is 4.98 Å². The van der Waals surface area contributed by atoms with Gasteiger partial charge in [0.05, 0.1) is 6.54 Å². The Balaban J connectivity index is 1.86. The molecule has 0 bridgehead atoms. The first-order valence-electron chi connectivity index (χ1n) is 6.87. The SMILES string of the molecule is CC(C)Cc1noc(CN(C)C2CCNCC2)n1. The van der Waals surface area contributed by atoms with Crippen molar-refractivity contribution in [2.24, 2.45) is 5.92 Å². The molecule has 18 heavy (non-hydrogen) atoms. The average molecular weight is 252 g/mol. The minimum absolute atomic E-state index is 0.567. The Morgan fingerprint density at radius 3 is 2.78 bits per heavy atom. The molecule has 5 heteroatoms. The molecule has 0 spiro atoms. The fourth-order valence-corrected chi connectivity index (χ4v) is 2.39. The molecule has 2 heterocycles. The van der Waals surface area contributed by atoms with E-state index in [1.165, 1.54) is 12.8 Å². The largest absolute Gasteiger partial charge is 0.338 e. The van der Waals surface area contributed by atoms with Crippen LogP contribution in [0.5, 0.6) is 0 Å². The molecular weight excluding hydrogens is 228 g/mol. The Bertz CT molecular complexity index is 358. The van der Waals surface area contributed by atoms with Crippen LogP contribution in [0.1, 0.15) is 38.4 Å². The summed E-state index contributed by atoms with van der Waals surface area (Å²) in [5.41, 5.74) is 0. The Hall–Kier alpha value is -0.940. The fraction of sp³-hybridized carbons (Fsp3) is 0.846. The Labute approximate surface area is 109 Å². The van der Waals surface area contributed by atoms with Gasteiger partial charge < -0.3 is 9.84 Å². The zero-order valence-electron chi connectivity index (χ0n) is 11.6. The molecule has 1 aliphatic rings. The second kappa shape index (κ2) is 6.29. The van der Waals surface area contributed by atoms with Gasteiger partial charge in [-0.3, -0.25) is 4.90 Å². The van der Waals surface area contributed by atoms with E-state index in [-0.39, 0.29) is 0 Å². The predicted molar refractivity (Wildman–Crippen MR) is 70.2 cm³/mol. The minimum atomic E-state index is 0.567. The lowest BCUT2D eigenvalue weighted by atomic mass is 10.1. The van der Waals surface area contributed by atoms with Crippen molar-refractivity contribution in [3.63, 3.8) is 0 Å². The third-order valence-corrected chi connectivity index (χ3v) is 3.42. The van der Waals surface area contributed by atoms with Crippen LogP contribution >= 0.6 is 0 Å². The normalized spacial score (nSPS) is 17.8. The van der Waals surface area contributed by atoms with E-state index in [0.717, 1.165) is 37.8 Å². The van der Waals surface area contributed by atoms with Crippen molar-refractivity contribution in [3.8, 4) is 0 Å². The van der Waals surface area contributed by atoms with E-state index < -0.39 is 0 Å². The van der Waals surface area contributed by atoms with Crippen molar-refractivity contribution in [2.75, 3.05) is 20.1 Å². The number of nitrogens with zero attached hydrogens (tertiary/aromatic N) is 3. The number of piperidine rings is 1. The highest BCUT2D eigenvalue weighted by molar-refractivity contribution is 4.88. The van der Waals surface area contributed by atoms with E-state index in [9.17, 15) is 0 Å². The van der Waals surface area contributed by atoms with Gasteiger partial charge in [0.1, 0.15) is 0 Å². The van der Waals surface area contributed by atoms with E-state index in [1.807, 2.05) is 0 Å². The van der Waals surface area contributed by atoms with Crippen LogP contribution in [-0.2, 0) is 13.0 Å². The van der Waals surface area contributed by atoms with Crippen molar-refractivity contribution in [1.82, 2.24) is 20.4 Å². The number of nitrogens with one attached hydrogen (secondary N) is 1. The first kappa shape index (κ1) is 13.5. The van der Waals surface area contributed by atoms with Crippen LogP contribution in [0.2, 0.25) is 0 Å². The summed E-state index contributed by atoms with van der Waals surface area (Å²) >= 11 is 0. The Morgan fingerprint density at radius 1 is 1.39 bits per heavy atom. The topological polar surface area (TPSA) is 54.2 Å². The van der Waals surface area contributed by atoms with Gasteiger partial charge in [-0.15, -0.1) is 0 Å². The van der Waals surface area contributed by atoms with Crippen LogP contribution < -0.4 is 5.32 Å². The summed E-state index contributed by atoms with van der Waals surface area (Å²) in [4.78, 5) is 6.78. The molecule has 0 saturated carbocycles. The predicted octanol–water partition coefficient (Wildman–Crippen LogP) is 1.45. The highest BCUT2D eigenvalue weighted by atomic mass is 16.5. The zero-order chi connectivity index (χ0) is 13.0. The van der Waals surface area contributed by atoms with E-state index in [1.54, 1.807) is 0 Å². The summed E-state index contributed by atoms with van der Waals surface area (Å²) in [6.45, 7) is 7.30. The molecule has 0 unspecified atom stereocenters. The van der Waals surface area contributed by atoms with Crippen LogP contribution in [0.4, 0.5) is 0 Å². The molecule has 0 amide bonds. The van der Waals surface area contributed by atoms with Gasteiger partial charge in [-0.1, -0.05) is 19.0 Å². The lowest BCUT2D eigenvalue weighted by Crippen LogP contribution is -2.40. The van der Waals surface area contributed by atoms with E-state index >= 15 is 0 Å². The molecule has 1 saturated heterocycles. The highest BCUT2D eigenvalue weighted by Gasteiger charge is 2.19. The van der Waals surface area contributed by atoms with Crippen LogP contribution in [0.25, 0.3) is 0 Å². The molecule has 1 fully saturated rings. The third kappa shape index (κ3) is 3.78. The van der Waals surface area contributed by atoms with Crippen molar-refractivity contribution in [3.05, 3.63) is 11.7 Å². The van der Waals surface area contributed by atoms with Gasteiger partial charge >= 0.3 is 0 Å². The van der Waals surface area contributed by atoms with Crippen molar-refractivity contribution in [2.45, 2.75) is 45.7 Å². The van der Waals surface area contributed by atoms with E-state index in [4.69, 9.17) is 4.52 Å². The minimum Gasteiger partial charge on any atom is -0.338 e. The molecule has 1 N–H and O–H groups in total. The number of rotatable bonds is 5. The van der Waals surface area contributed by atoms with Crippen LogP contribution in [0.15, 0.2) is 4.52 Å². The molecule has 0 atom stereocenters. The molecule has 0 aliphatic carbocycles. The second-order valence-electron chi connectivity index (χ2n) is 5.60. The van der Waals surface area contributed by atoms with Crippen LogP contribution in [-0.4, -0.2) is 41.2 Å². The summed E-state index contributed by atoms with van der Waals surface area (Å²) in [6.07, 6.45) is 3.29. The van der Waals surface area contributed by atoms with Crippen molar-refractivity contribution < 1.29 is 4.52 Å². The van der Waals surface area contributed by atoms with Crippen molar-refractivity contribution >= 4 is 0 Å².